The summed E-state index contributed by atoms with van der Waals surface area (Å²) in [7, 11) is 0. The Balaban J connectivity index is 3.17. The predicted octanol–water partition coefficient (Wildman–Crippen LogP) is -0.346. The van der Waals surface area contributed by atoms with Gasteiger partial charge < -0.3 is 15.3 Å². The Bertz CT molecular complexity index is 53.6. The molecule has 0 aliphatic rings. The number of hydrogen-bond donors (Lipinski definition) is 3. The van der Waals surface area contributed by atoms with Gasteiger partial charge in [0.15, 0.2) is 0 Å². The van der Waals surface area contributed by atoms with E-state index in [0.29, 0.717) is 0 Å². The quantitative estimate of drug-likeness (QED) is 0.476. The Morgan fingerprint density at radius 1 is 1.62 bits per heavy atom. The van der Waals surface area contributed by atoms with Gasteiger partial charge >= 0.3 is 0 Å². The molecular weight excluding hydrogens is 108 g/mol. The summed E-state index contributed by atoms with van der Waals surface area (Å²) in [6.07, 6.45) is -0.716. The fourth-order valence-electron chi connectivity index (χ4n) is 0.323. The van der Waals surface area contributed by atoms with Crippen molar-refractivity contribution in [1.29, 1.82) is 0 Å². The van der Waals surface area contributed by atoms with Crippen molar-refractivity contribution in [3.63, 3.8) is 0 Å². The molecule has 0 fully saturated rings. The molecule has 8 heavy (non-hydrogen) atoms. The molecule has 0 aromatic heterocycles. The highest BCUT2D eigenvalue weighted by Crippen LogP contribution is 2.04. The van der Waals surface area contributed by atoms with Crippen LogP contribution in [0.1, 0.15) is 13.3 Å². The molecule has 0 bridgehead atoms. The third kappa shape index (κ3) is 2.96. The van der Waals surface area contributed by atoms with Gasteiger partial charge in [-0.3, -0.25) is 0 Å². The van der Waals surface area contributed by atoms with Crippen LogP contribution in [0.2, 0.25) is 0 Å². The van der Waals surface area contributed by atoms with Gasteiger partial charge in [-0.15, -0.1) is 0 Å². The maximum atomic E-state index is 8.63. The van der Waals surface area contributed by atoms with Gasteiger partial charge in [-0.2, -0.15) is 0 Å². The van der Waals surface area contributed by atoms with E-state index in [0.717, 1.165) is 0 Å². The van der Waals surface area contributed by atoms with Gasteiger partial charge in [0.1, 0.15) is 6.10 Å². The normalized spacial score (nSPS) is 14.6. The number of rotatable bonds is 3. The van der Waals surface area contributed by atoms with Gasteiger partial charge in [0.2, 0.25) is 0 Å². The maximum Gasteiger partial charge on any atom is 0.123 e. The first-order valence-corrected chi connectivity index (χ1v) is 2.52. The smallest absolute Gasteiger partial charge is 0.123 e. The van der Waals surface area contributed by atoms with Crippen molar-refractivity contribution in [2.24, 2.45) is 0 Å². The second-order valence-electron chi connectivity index (χ2n) is 1.64. The lowest BCUT2D eigenvalue weighted by atomic mass is 10.2. The second-order valence-corrected chi connectivity index (χ2v) is 1.64. The van der Waals surface area contributed by atoms with Crippen LogP contribution < -0.4 is 0 Å². The largest absolute Gasteiger partial charge is 0.396 e. The number of aliphatic hydroxyl groups is 3. The topological polar surface area (TPSA) is 60.7 Å². The zero-order valence-electron chi connectivity index (χ0n) is 4.83. The third-order valence-electron chi connectivity index (χ3n) is 0.850. The van der Waals surface area contributed by atoms with Gasteiger partial charge in [0.05, 0.1) is 6.10 Å². The lowest BCUT2D eigenvalue weighted by molar-refractivity contribution is 0.0936. The Labute approximate surface area is 48.6 Å². The molecule has 0 aliphatic heterocycles. The van der Waals surface area contributed by atoms with E-state index < -0.39 is 6.10 Å². The van der Waals surface area contributed by atoms with Crippen LogP contribution in [0.4, 0.5) is 0 Å². The number of hydrogen-bond acceptors (Lipinski definition) is 3. The molecule has 1 atom stereocenters. The summed E-state index contributed by atoms with van der Waals surface area (Å²) in [6, 6.07) is 0. The molecule has 0 aromatic rings. The van der Waals surface area contributed by atoms with E-state index in [-0.39, 0.29) is 19.1 Å². The Kier molecular flexibility index (Phi) is 3.77. The lowest BCUT2D eigenvalue weighted by Crippen LogP contribution is -2.14. The minimum Gasteiger partial charge on any atom is -0.396 e. The summed E-state index contributed by atoms with van der Waals surface area (Å²) in [6.45, 7) is 1.34. The highest BCUT2D eigenvalue weighted by atomic mass is 16.3. The first kappa shape index (κ1) is 7.88. The molecule has 0 rings (SSSR count). The van der Waals surface area contributed by atoms with E-state index >= 15 is 0 Å². The van der Waals surface area contributed by atoms with Crippen molar-refractivity contribution < 1.29 is 15.3 Å². The van der Waals surface area contributed by atoms with E-state index in [4.69, 9.17) is 15.3 Å². The predicted molar refractivity (Wildman–Crippen MR) is 28.6 cm³/mol. The molecule has 1 unspecified atom stereocenters. The summed E-state index contributed by atoms with van der Waals surface area (Å²) in [4.78, 5) is 0. The van der Waals surface area contributed by atoms with Gasteiger partial charge in [-0.05, 0) is 6.92 Å². The Morgan fingerprint density at radius 3 is 2.25 bits per heavy atom. The summed E-state index contributed by atoms with van der Waals surface area (Å²) < 4.78 is 0. The average Bonchev–Trinajstić information content (AvgIpc) is 1.67. The molecule has 3 N–H and O–H groups in total. The van der Waals surface area contributed by atoms with E-state index in [1.807, 2.05) is 0 Å². The Morgan fingerprint density at radius 2 is 2.12 bits per heavy atom. The van der Waals surface area contributed by atoms with Crippen molar-refractivity contribution in [1.82, 2.24) is 0 Å². The van der Waals surface area contributed by atoms with Crippen molar-refractivity contribution in [2.75, 3.05) is 6.61 Å². The molecule has 0 spiro atoms. The highest BCUT2D eigenvalue weighted by molar-refractivity contribution is 4.80. The zero-order valence-corrected chi connectivity index (χ0v) is 4.83. The van der Waals surface area contributed by atoms with Gasteiger partial charge in [-0.1, -0.05) is 0 Å². The molecule has 0 aliphatic carbocycles. The van der Waals surface area contributed by atoms with E-state index in [2.05, 4.69) is 0 Å². The Hall–Kier alpha value is -0.120. The van der Waals surface area contributed by atoms with Crippen LogP contribution in [0, 0.1) is 6.10 Å². The van der Waals surface area contributed by atoms with Crippen molar-refractivity contribution in [2.45, 2.75) is 19.4 Å². The van der Waals surface area contributed by atoms with Crippen LogP contribution in [0.25, 0.3) is 0 Å². The molecule has 3 nitrogen and oxygen atoms in total. The molecule has 0 heterocycles. The summed E-state index contributed by atoms with van der Waals surface area (Å²) in [5.41, 5.74) is 0. The second kappa shape index (κ2) is 3.83. The van der Waals surface area contributed by atoms with E-state index in [9.17, 15) is 0 Å². The van der Waals surface area contributed by atoms with Gasteiger partial charge in [0.25, 0.3) is 0 Å². The molecule has 49 valence electrons. The van der Waals surface area contributed by atoms with Crippen molar-refractivity contribution in [3.05, 3.63) is 6.10 Å². The minimum absolute atomic E-state index is 0.0625. The fourth-order valence-corrected chi connectivity index (χ4v) is 0.323. The number of aliphatic hydroxyl groups excluding tert-OH is 3. The van der Waals surface area contributed by atoms with E-state index in [1.165, 1.54) is 6.92 Å². The fraction of sp³-hybridized carbons (Fsp3) is 0.800. The molecule has 1 radical (unpaired) electrons. The molecule has 0 amide bonds. The highest BCUT2D eigenvalue weighted by Gasteiger charge is 2.09. The summed E-state index contributed by atoms with van der Waals surface area (Å²) in [5.74, 6) is 0. The molecule has 0 saturated heterocycles. The van der Waals surface area contributed by atoms with Crippen molar-refractivity contribution >= 4 is 0 Å². The van der Waals surface area contributed by atoms with Gasteiger partial charge in [-0.25, -0.2) is 0 Å². The van der Waals surface area contributed by atoms with Crippen LogP contribution >= 0.6 is 0 Å². The minimum atomic E-state index is -0.817. The maximum absolute atomic E-state index is 8.63. The van der Waals surface area contributed by atoms with Crippen LogP contribution in [0.15, 0.2) is 0 Å². The first-order valence-electron chi connectivity index (χ1n) is 2.52. The van der Waals surface area contributed by atoms with Crippen molar-refractivity contribution in [3.8, 4) is 0 Å². The molecule has 0 saturated carbocycles. The van der Waals surface area contributed by atoms with Crippen LogP contribution in [0.5, 0.6) is 0 Å². The van der Waals surface area contributed by atoms with E-state index in [1.54, 1.807) is 0 Å². The van der Waals surface area contributed by atoms with Gasteiger partial charge in [0, 0.05) is 13.0 Å². The summed E-state index contributed by atoms with van der Waals surface area (Å²) >= 11 is 0. The third-order valence-corrected chi connectivity index (χ3v) is 0.850. The lowest BCUT2D eigenvalue weighted by Gasteiger charge is -2.08. The van der Waals surface area contributed by atoms with Crippen LogP contribution in [0.3, 0.4) is 0 Å². The monoisotopic (exact) mass is 119 g/mol. The van der Waals surface area contributed by atoms with Crippen LogP contribution in [-0.2, 0) is 0 Å². The zero-order chi connectivity index (χ0) is 6.57. The molecule has 0 aromatic carbocycles. The average molecular weight is 119 g/mol. The van der Waals surface area contributed by atoms with Crippen LogP contribution in [-0.4, -0.2) is 28.0 Å². The molecule has 3 heteroatoms. The standard InChI is InChI=1S/C5H11O3/c1-4(7)5(8)2-3-6/h4,6-8H,2-3H2,1H3. The summed E-state index contributed by atoms with van der Waals surface area (Å²) in [5, 5.41) is 25.4. The first-order chi connectivity index (χ1) is 3.68. The SMILES string of the molecule is CC(O)[C](O)CCO. The molecular formula is C5H11O3.